The fraction of sp³-hybridized carbons (Fsp3) is 0.615. The molecular weight excluding hydrogens is 216 g/mol. The summed E-state index contributed by atoms with van der Waals surface area (Å²) in [6, 6.07) is 1.89. The number of rotatable bonds is 3. The minimum absolute atomic E-state index is 0.107. The molecule has 0 radical (unpaired) electrons. The Morgan fingerprint density at radius 3 is 3.18 bits per heavy atom. The first-order valence-electron chi connectivity index (χ1n) is 6.22. The molecule has 1 aliphatic heterocycles. The maximum Gasteiger partial charge on any atom is 0.127 e. The highest BCUT2D eigenvalue weighted by Crippen LogP contribution is 2.28. The molecule has 1 aromatic heterocycles. The van der Waals surface area contributed by atoms with Crippen molar-refractivity contribution in [3.05, 3.63) is 24.0 Å². The van der Waals surface area contributed by atoms with E-state index in [1.165, 1.54) is 12.8 Å². The van der Waals surface area contributed by atoms with Gasteiger partial charge >= 0.3 is 0 Å². The first-order valence-corrected chi connectivity index (χ1v) is 6.22. The van der Waals surface area contributed by atoms with E-state index in [2.05, 4.69) is 10.3 Å². The van der Waals surface area contributed by atoms with Gasteiger partial charge in [0.05, 0.1) is 13.2 Å². The molecule has 1 aliphatic rings. The molecule has 2 rings (SSSR count). The number of nitrogens with one attached hydrogen (secondary N) is 1. The summed E-state index contributed by atoms with van der Waals surface area (Å²) in [5, 5.41) is 13.8. The van der Waals surface area contributed by atoms with Gasteiger partial charge in [0.25, 0.3) is 0 Å². The lowest BCUT2D eigenvalue weighted by atomic mass is 9.99. The zero-order chi connectivity index (χ0) is 12.1. The number of methoxy groups -OCH3 is 1. The second-order valence-corrected chi connectivity index (χ2v) is 4.47. The van der Waals surface area contributed by atoms with E-state index >= 15 is 0 Å². The van der Waals surface area contributed by atoms with Gasteiger partial charge in [-0.25, -0.2) is 0 Å². The second kappa shape index (κ2) is 5.98. The Labute approximate surface area is 102 Å². The average Bonchev–Trinajstić information content (AvgIpc) is 2.66. The van der Waals surface area contributed by atoms with E-state index in [-0.39, 0.29) is 6.04 Å². The Bertz CT molecular complexity index is 349. The average molecular weight is 236 g/mol. The second-order valence-electron chi connectivity index (χ2n) is 4.47. The monoisotopic (exact) mass is 236 g/mol. The minimum atomic E-state index is -0.545. The normalized spacial score (nSPS) is 22.8. The Morgan fingerprint density at radius 2 is 2.35 bits per heavy atom. The molecule has 0 aliphatic carbocycles. The standard InChI is InChI=1S/C13H20N2O2/c1-17-12-6-8-14-9-10(12)13(16)11-5-3-2-4-7-15-11/h6,8-9,11,13,15-16H,2-5,7H2,1H3/t11-,13?/m1/s1. The first kappa shape index (κ1) is 12.3. The highest BCUT2D eigenvalue weighted by molar-refractivity contribution is 5.32. The van der Waals surface area contributed by atoms with Gasteiger partial charge in [-0.1, -0.05) is 12.8 Å². The SMILES string of the molecule is COc1ccncc1C(O)[C@H]1CCCCCN1. The van der Waals surface area contributed by atoms with Crippen molar-refractivity contribution in [3.63, 3.8) is 0 Å². The Balaban J connectivity index is 2.14. The van der Waals surface area contributed by atoms with E-state index in [0.29, 0.717) is 5.75 Å². The number of nitrogens with zero attached hydrogens (tertiary/aromatic N) is 1. The van der Waals surface area contributed by atoms with Gasteiger partial charge in [0.1, 0.15) is 5.75 Å². The number of aromatic nitrogens is 1. The van der Waals surface area contributed by atoms with Gasteiger partial charge in [0.15, 0.2) is 0 Å². The van der Waals surface area contributed by atoms with Crippen LogP contribution in [-0.2, 0) is 0 Å². The smallest absolute Gasteiger partial charge is 0.127 e. The van der Waals surface area contributed by atoms with Crippen LogP contribution in [0.3, 0.4) is 0 Å². The molecule has 1 fully saturated rings. The molecule has 0 spiro atoms. The molecule has 1 saturated heterocycles. The third kappa shape index (κ3) is 2.96. The van der Waals surface area contributed by atoms with Crippen molar-refractivity contribution in [2.24, 2.45) is 0 Å². The number of aliphatic hydroxyl groups excluding tert-OH is 1. The number of hydrogen-bond donors (Lipinski definition) is 2. The Hall–Kier alpha value is -1.13. The van der Waals surface area contributed by atoms with Gasteiger partial charge in [0, 0.05) is 24.0 Å². The van der Waals surface area contributed by atoms with Gasteiger partial charge in [-0.15, -0.1) is 0 Å². The van der Waals surface area contributed by atoms with Crippen molar-refractivity contribution in [2.75, 3.05) is 13.7 Å². The topological polar surface area (TPSA) is 54.4 Å². The van der Waals surface area contributed by atoms with Crippen LogP contribution in [0.4, 0.5) is 0 Å². The van der Waals surface area contributed by atoms with Gasteiger partial charge < -0.3 is 15.2 Å². The predicted octanol–water partition coefficient (Wildman–Crippen LogP) is 1.66. The molecular formula is C13H20N2O2. The van der Waals surface area contributed by atoms with E-state index in [0.717, 1.165) is 24.9 Å². The molecule has 1 aromatic rings. The highest BCUT2D eigenvalue weighted by atomic mass is 16.5. The summed E-state index contributed by atoms with van der Waals surface area (Å²) in [5.74, 6) is 0.707. The van der Waals surface area contributed by atoms with Gasteiger partial charge in [-0.2, -0.15) is 0 Å². The fourth-order valence-corrected chi connectivity index (χ4v) is 2.34. The van der Waals surface area contributed by atoms with Gasteiger partial charge in [-0.3, -0.25) is 4.98 Å². The van der Waals surface area contributed by atoms with Crippen LogP contribution in [-0.4, -0.2) is 29.8 Å². The number of hydrogen-bond acceptors (Lipinski definition) is 4. The molecule has 17 heavy (non-hydrogen) atoms. The summed E-state index contributed by atoms with van der Waals surface area (Å²) in [4.78, 5) is 4.06. The summed E-state index contributed by atoms with van der Waals surface area (Å²) in [6.45, 7) is 0.976. The minimum Gasteiger partial charge on any atom is -0.496 e. The summed E-state index contributed by atoms with van der Waals surface area (Å²) < 4.78 is 5.26. The number of pyridine rings is 1. The van der Waals surface area contributed by atoms with Gasteiger partial charge in [-0.05, 0) is 25.5 Å². The highest BCUT2D eigenvalue weighted by Gasteiger charge is 2.24. The van der Waals surface area contributed by atoms with Crippen molar-refractivity contribution in [3.8, 4) is 5.75 Å². The molecule has 2 atom stereocenters. The molecule has 2 heterocycles. The van der Waals surface area contributed by atoms with E-state index in [1.807, 2.05) is 0 Å². The predicted molar refractivity (Wildman–Crippen MR) is 66.0 cm³/mol. The summed E-state index contributed by atoms with van der Waals surface area (Å²) >= 11 is 0. The van der Waals surface area contributed by atoms with Crippen molar-refractivity contribution < 1.29 is 9.84 Å². The van der Waals surface area contributed by atoms with Crippen molar-refractivity contribution in [2.45, 2.75) is 37.8 Å². The van der Waals surface area contributed by atoms with Crippen LogP contribution in [0.2, 0.25) is 0 Å². The summed E-state index contributed by atoms with van der Waals surface area (Å²) in [5.41, 5.74) is 0.773. The van der Waals surface area contributed by atoms with Crippen molar-refractivity contribution >= 4 is 0 Å². The zero-order valence-electron chi connectivity index (χ0n) is 10.2. The lowest BCUT2D eigenvalue weighted by Gasteiger charge is -2.23. The number of aliphatic hydroxyl groups is 1. The fourth-order valence-electron chi connectivity index (χ4n) is 2.34. The Kier molecular flexibility index (Phi) is 4.34. The van der Waals surface area contributed by atoms with Crippen LogP contribution >= 0.6 is 0 Å². The largest absolute Gasteiger partial charge is 0.496 e. The molecule has 2 N–H and O–H groups in total. The molecule has 0 aromatic carbocycles. The molecule has 0 saturated carbocycles. The van der Waals surface area contributed by atoms with Gasteiger partial charge in [0.2, 0.25) is 0 Å². The molecule has 4 nitrogen and oxygen atoms in total. The summed E-state index contributed by atoms with van der Waals surface area (Å²) in [7, 11) is 1.62. The molecule has 0 amide bonds. The van der Waals surface area contributed by atoms with Crippen LogP contribution in [0, 0.1) is 0 Å². The molecule has 1 unspecified atom stereocenters. The summed E-state index contributed by atoms with van der Waals surface area (Å²) in [6.07, 6.45) is 7.41. The molecule has 0 bridgehead atoms. The van der Waals surface area contributed by atoms with E-state index in [4.69, 9.17) is 4.74 Å². The first-order chi connectivity index (χ1) is 8.33. The lowest BCUT2D eigenvalue weighted by molar-refractivity contribution is 0.123. The van der Waals surface area contributed by atoms with Crippen molar-refractivity contribution in [1.29, 1.82) is 0 Å². The van der Waals surface area contributed by atoms with E-state index < -0.39 is 6.10 Å². The third-order valence-corrected chi connectivity index (χ3v) is 3.33. The van der Waals surface area contributed by atoms with Crippen LogP contribution in [0.5, 0.6) is 5.75 Å². The van der Waals surface area contributed by atoms with E-state index in [9.17, 15) is 5.11 Å². The van der Waals surface area contributed by atoms with Crippen LogP contribution in [0.25, 0.3) is 0 Å². The maximum absolute atomic E-state index is 10.4. The quantitative estimate of drug-likeness (QED) is 0.838. The Morgan fingerprint density at radius 1 is 1.47 bits per heavy atom. The molecule has 4 heteroatoms. The van der Waals surface area contributed by atoms with E-state index in [1.54, 1.807) is 25.6 Å². The van der Waals surface area contributed by atoms with Crippen LogP contribution < -0.4 is 10.1 Å². The maximum atomic E-state index is 10.4. The van der Waals surface area contributed by atoms with Crippen LogP contribution in [0.1, 0.15) is 37.4 Å². The zero-order valence-corrected chi connectivity index (χ0v) is 10.2. The van der Waals surface area contributed by atoms with Crippen molar-refractivity contribution in [1.82, 2.24) is 10.3 Å². The van der Waals surface area contributed by atoms with Crippen LogP contribution in [0.15, 0.2) is 18.5 Å². The lowest BCUT2D eigenvalue weighted by Crippen LogP contribution is -2.34. The molecule has 94 valence electrons. The third-order valence-electron chi connectivity index (χ3n) is 3.33. The number of ether oxygens (including phenoxy) is 1.